The summed E-state index contributed by atoms with van der Waals surface area (Å²) in [7, 11) is 0. The smallest absolute Gasteiger partial charge is 0.251 e. The van der Waals surface area contributed by atoms with Gasteiger partial charge < -0.3 is 4.98 Å². The fourth-order valence-corrected chi connectivity index (χ4v) is 2.37. The van der Waals surface area contributed by atoms with Gasteiger partial charge in [-0.1, -0.05) is 0 Å². The number of aryl methyl sites for hydroxylation is 1. The zero-order valence-electron chi connectivity index (χ0n) is 8.86. The highest BCUT2D eigenvalue weighted by molar-refractivity contribution is 7.13. The van der Waals surface area contributed by atoms with Crippen LogP contribution in [0.3, 0.4) is 0 Å². The molecule has 0 radical (unpaired) electrons. The van der Waals surface area contributed by atoms with Crippen LogP contribution in [0.4, 0.5) is 0 Å². The quantitative estimate of drug-likeness (QED) is 0.864. The van der Waals surface area contributed by atoms with Crippen LogP contribution in [0.2, 0.25) is 0 Å². The third kappa shape index (κ3) is 1.78. The highest BCUT2D eigenvalue weighted by Crippen LogP contribution is 2.38. The normalized spacial score (nSPS) is 15.3. The van der Waals surface area contributed by atoms with Crippen LogP contribution in [0.1, 0.15) is 30.1 Å². The van der Waals surface area contributed by atoms with Crippen molar-refractivity contribution in [1.82, 2.24) is 15.0 Å². The van der Waals surface area contributed by atoms with E-state index in [-0.39, 0.29) is 5.56 Å². The molecule has 0 aromatic carbocycles. The van der Waals surface area contributed by atoms with Crippen molar-refractivity contribution < 1.29 is 0 Å². The standard InChI is InChI=1S/C11H11N3OS/c1-6-5-16-11(12-6)10-13-8(7-2-3-7)4-9(15)14-10/h4-5,7H,2-3H2,1H3,(H,13,14,15). The van der Waals surface area contributed by atoms with Gasteiger partial charge in [-0.25, -0.2) is 9.97 Å². The van der Waals surface area contributed by atoms with Gasteiger partial charge >= 0.3 is 0 Å². The summed E-state index contributed by atoms with van der Waals surface area (Å²) in [4.78, 5) is 23.0. The Balaban J connectivity index is 2.09. The van der Waals surface area contributed by atoms with E-state index in [4.69, 9.17) is 0 Å². The molecule has 0 bridgehead atoms. The van der Waals surface area contributed by atoms with Gasteiger partial charge in [0.15, 0.2) is 10.8 Å². The SMILES string of the molecule is Cc1csc(-c2nc(C3CC3)cc(=O)[nH]2)n1. The average molecular weight is 233 g/mol. The molecule has 1 aliphatic carbocycles. The first kappa shape index (κ1) is 9.72. The number of nitrogens with one attached hydrogen (secondary N) is 1. The molecule has 0 atom stereocenters. The van der Waals surface area contributed by atoms with Crippen molar-refractivity contribution in [2.45, 2.75) is 25.7 Å². The molecule has 4 nitrogen and oxygen atoms in total. The number of hydrogen-bond acceptors (Lipinski definition) is 4. The summed E-state index contributed by atoms with van der Waals surface area (Å²) in [5, 5.41) is 2.75. The Hall–Kier alpha value is -1.49. The highest BCUT2D eigenvalue weighted by Gasteiger charge is 2.26. The van der Waals surface area contributed by atoms with Crippen molar-refractivity contribution in [1.29, 1.82) is 0 Å². The molecular weight excluding hydrogens is 222 g/mol. The average Bonchev–Trinajstić information content (AvgIpc) is 3.01. The van der Waals surface area contributed by atoms with Crippen molar-refractivity contribution in [2.24, 2.45) is 0 Å². The first-order chi connectivity index (χ1) is 7.72. The Morgan fingerprint density at radius 3 is 2.88 bits per heavy atom. The molecule has 2 aromatic heterocycles. The lowest BCUT2D eigenvalue weighted by molar-refractivity contribution is 0.973. The lowest BCUT2D eigenvalue weighted by atomic mass is 10.3. The summed E-state index contributed by atoms with van der Waals surface area (Å²) < 4.78 is 0. The molecule has 82 valence electrons. The zero-order valence-corrected chi connectivity index (χ0v) is 9.67. The van der Waals surface area contributed by atoms with Crippen molar-refractivity contribution in [3.8, 4) is 10.8 Å². The molecule has 3 rings (SSSR count). The largest absolute Gasteiger partial charge is 0.304 e. The van der Waals surface area contributed by atoms with Gasteiger partial charge in [-0.3, -0.25) is 4.79 Å². The Kier molecular flexibility index (Phi) is 2.14. The number of nitrogens with zero attached hydrogens (tertiary/aromatic N) is 2. The van der Waals surface area contributed by atoms with E-state index in [1.807, 2.05) is 12.3 Å². The van der Waals surface area contributed by atoms with Gasteiger partial charge in [0, 0.05) is 23.1 Å². The highest BCUT2D eigenvalue weighted by atomic mass is 32.1. The molecule has 0 unspecified atom stereocenters. The van der Waals surface area contributed by atoms with Crippen LogP contribution in [0, 0.1) is 6.92 Å². The molecule has 1 saturated carbocycles. The monoisotopic (exact) mass is 233 g/mol. The number of aromatic amines is 1. The maximum absolute atomic E-state index is 11.5. The third-order valence-electron chi connectivity index (χ3n) is 2.58. The number of rotatable bonds is 2. The summed E-state index contributed by atoms with van der Waals surface area (Å²) in [6.07, 6.45) is 2.29. The van der Waals surface area contributed by atoms with Crippen molar-refractivity contribution in [3.05, 3.63) is 33.2 Å². The Labute approximate surface area is 96.4 Å². The van der Waals surface area contributed by atoms with E-state index in [0.717, 1.165) is 29.2 Å². The van der Waals surface area contributed by atoms with Crippen LogP contribution in [0.25, 0.3) is 10.8 Å². The second-order valence-corrected chi connectivity index (χ2v) is 4.95. The van der Waals surface area contributed by atoms with Gasteiger partial charge in [-0.05, 0) is 19.8 Å². The lowest BCUT2D eigenvalue weighted by Crippen LogP contribution is -2.09. The molecule has 2 heterocycles. The van der Waals surface area contributed by atoms with Crippen LogP contribution in [-0.4, -0.2) is 15.0 Å². The molecule has 0 aliphatic heterocycles. The molecule has 16 heavy (non-hydrogen) atoms. The Morgan fingerprint density at radius 2 is 2.25 bits per heavy atom. The summed E-state index contributed by atoms with van der Waals surface area (Å²) in [6, 6.07) is 1.60. The summed E-state index contributed by atoms with van der Waals surface area (Å²) in [6.45, 7) is 1.93. The van der Waals surface area contributed by atoms with Crippen molar-refractivity contribution >= 4 is 11.3 Å². The van der Waals surface area contributed by atoms with E-state index in [1.54, 1.807) is 6.07 Å². The minimum absolute atomic E-state index is 0.0836. The predicted octanol–water partition coefficient (Wildman–Crippen LogP) is 2.08. The van der Waals surface area contributed by atoms with Crippen LogP contribution in [0.15, 0.2) is 16.2 Å². The predicted molar refractivity (Wildman–Crippen MR) is 62.7 cm³/mol. The lowest BCUT2D eigenvalue weighted by Gasteiger charge is -1.99. The van der Waals surface area contributed by atoms with Gasteiger partial charge in [-0.15, -0.1) is 11.3 Å². The second kappa shape index (κ2) is 3.52. The molecule has 0 amide bonds. The first-order valence-corrected chi connectivity index (χ1v) is 6.14. The van der Waals surface area contributed by atoms with Crippen molar-refractivity contribution in [2.75, 3.05) is 0 Å². The summed E-state index contributed by atoms with van der Waals surface area (Å²) >= 11 is 1.51. The van der Waals surface area contributed by atoms with Crippen LogP contribution in [-0.2, 0) is 0 Å². The number of hydrogen-bond donors (Lipinski definition) is 1. The minimum Gasteiger partial charge on any atom is -0.304 e. The number of thiazole rings is 1. The number of H-pyrrole nitrogens is 1. The third-order valence-corrected chi connectivity index (χ3v) is 3.55. The maximum atomic E-state index is 11.5. The Morgan fingerprint density at radius 1 is 1.44 bits per heavy atom. The molecule has 0 saturated heterocycles. The fourth-order valence-electron chi connectivity index (χ4n) is 1.63. The van der Waals surface area contributed by atoms with Gasteiger partial charge in [0.25, 0.3) is 5.56 Å². The zero-order chi connectivity index (χ0) is 11.1. The maximum Gasteiger partial charge on any atom is 0.251 e. The first-order valence-electron chi connectivity index (χ1n) is 5.26. The van der Waals surface area contributed by atoms with Crippen molar-refractivity contribution in [3.63, 3.8) is 0 Å². The topological polar surface area (TPSA) is 58.6 Å². The molecule has 5 heteroatoms. The number of aromatic nitrogens is 3. The van der Waals surface area contributed by atoms with E-state index in [0.29, 0.717) is 11.7 Å². The fraction of sp³-hybridized carbons (Fsp3) is 0.364. The van der Waals surface area contributed by atoms with Gasteiger partial charge in [-0.2, -0.15) is 0 Å². The van der Waals surface area contributed by atoms with E-state index < -0.39 is 0 Å². The second-order valence-electron chi connectivity index (χ2n) is 4.09. The van der Waals surface area contributed by atoms with Gasteiger partial charge in [0.2, 0.25) is 0 Å². The molecule has 2 aromatic rings. The van der Waals surface area contributed by atoms with E-state index >= 15 is 0 Å². The van der Waals surface area contributed by atoms with E-state index in [2.05, 4.69) is 15.0 Å². The van der Waals surface area contributed by atoms with Crippen LogP contribution < -0.4 is 5.56 Å². The Bertz CT molecular complexity index is 583. The molecule has 1 N–H and O–H groups in total. The molecule has 0 spiro atoms. The molecular formula is C11H11N3OS. The van der Waals surface area contributed by atoms with E-state index in [9.17, 15) is 4.79 Å². The minimum atomic E-state index is -0.0836. The molecule has 1 aliphatic rings. The van der Waals surface area contributed by atoms with E-state index in [1.165, 1.54) is 11.3 Å². The van der Waals surface area contributed by atoms with Crippen LogP contribution >= 0.6 is 11.3 Å². The molecule has 1 fully saturated rings. The van der Waals surface area contributed by atoms with Crippen LogP contribution in [0.5, 0.6) is 0 Å². The summed E-state index contributed by atoms with van der Waals surface area (Å²) in [5.74, 6) is 1.09. The van der Waals surface area contributed by atoms with Gasteiger partial charge in [0.1, 0.15) is 0 Å². The van der Waals surface area contributed by atoms with Gasteiger partial charge in [0.05, 0.1) is 5.69 Å². The summed E-state index contributed by atoms with van der Waals surface area (Å²) in [5.41, 5.74) is 1.78.